The third-order valence-corrected chi connectivity index (χ3v) is 3.37. The lowest BCUT2D eigenvalue weighted by atomic mass is 10.0. The second kappa shape index (κ2) is 6.70. The molecule has 1 atom stereocenters. The molecule has 1 aromatic heterocycles. The van der Waals surface area contributed by atoms with Gasteiger partial charge in [-0.15, -0.1) is 0 Å². The average Bonchev–Trinajstić information content (AvgIpc) is 2.83. The predicted molar refractivity (Wildman–Crippen MR) is 80.5 cm³/mol. The standard InChI is InChI=1S/C16H20FN3O2/c1-11-8-14(18-22-11)10-20(4)16(21)15(19(2)3)12-6-5-7-13(17)9-12/h5-9,15H,10H2,1-4H3/t15-/m0/s1. The largest absolute Gasteiger partial charge is 0.361 e. The fourth-order valence-electron chi connectivity index (χ4n) is 2.36. The zero-order valence-corrected chi connectivity index (χ0v) is 13.2. The molecule has 5 nitrogen and oxygen atoms in total. The Morgan fingerprint density at radius 1 is 1.32 bits per heavy atom. The molecular weight excluding hydrogens is 285 g/mol. The van der Waals surface area contributed by atoms with Gasteiger partial charge in [0, 0.05) is 13.1 Å². The van der Waals surface area contributed by atoms with Crippen LogP contribution in [0, 0.1) is 12.7 Å². The van der Waals surface area contributed by atoms with E-state index in [-0.39, 0.29) is 11.7 Å². The molecule has 118 valence electrons. The summed E-state index contributed by atoms with van der Waals surface area (Å²) in [7, 11) is 5.28. The lowest BCUT2D eigenvalue weighted by Crippen LogP contribution is -2.38. The second-order valence-corrected chi connectivity index (χ2v) is 5.54. The number of aromatic nitrogens is 1. The molecule has 1 heterocycles. The molecular formula is C16H20FN3O2. The molecule has 0 fully saturated rings. The highest BCUT2D eigenvalue weighted by Crippen LogP contribution is 2.22. The van der Waals surface area contributed by atoms with Crippen molar-refractivity contribution in [2.24, 2.45) is 0 Å². The first-order valence-corrected chi connectivity index (χ1v) is 6.97. The number of carbonyl (C=O) groups excluding carboxylic acids is 1. The molecule has 2 aromatic rings. The number of halogens is 1. The van der Waals surface area contributed by atoms with Gasteiger partial charge in [0.25, 0.3) is 0 Å². The summed E-state index contributed by atoms with van der Waals surface area (Å²) in [5.41, 5.74) is 1.31. The highest BCUT2D eigenvalue weighted by molar-refractivity contribution is 5.83. The number of amides is 1. The SMILES string of the molecule is Cc1cc(CN(C)C(=O)[C@H](c2cccc(F)c2)N(C)C)no1. The molecule has 0 spiro atoms. The third kappa shape index (κ3) is 3.71. The Hall–Kier alpha value is -2.21. The summed E-state index contributed by atoms with van der Waals surface area (Å²) in [5, 5.41) is 3.89. The number of nitrogens with zero attached hydrogens (tertiary/aromatic N) is 3. The van der Waals surface area contributed by atoms with Gasteiger partial charge in [0.15, 0.2) is 0 Å². The minimum absolute atomic E-state index is 0.128. The smallest absolute Gasteiger partial charge is 0.244 e. The molecule has 0 unspecified atom stereocenters. The van der Waals surface area contributed by atoms with Crippen LogP contribution in [0.25, 0.3) is 0 Å². The van der Waals surface area contributed by atoms with E-state index >= 15 is 0 Å². The second-order valence-electron chi connectivity index (χ2n) is 5.54. The molecule has 0 aliphatic heterocycles. The van der Waals surface area contributed by atoms with Gasteiger partial charge in [-0.3, -0.25) is 9.69 Å². The van der Waals surface area contributed by atoms with Gasteiger partial charge in [-0.1, -0.05) is 17.3 Å². The molecule has 0 saturated heterocycles. The molecule has 22 heavy (non-hydrogen) atoms. The van der Waals surface area contributed by atoms with Crippen LogP contribution >= 0.6 is 0 Å². The van der Waals surface area contributed by atoms with Crippen molar-refractivity contribution in [3.63, 3.8) is 0 Å². The Morgan fingerprint density at radius 3 is 2.59 bits per heavy atom. The quantitative estimate of drug-likeness (QED) is 0.851. The molecule has 1 amide bonds. The first kappa shape index (κ1) is 16.2. The van der Waals surface area contributed by atoms with E-state index in [1.165, 1.54) is 12.1 Å². The zero-order valence-electron chi connectivity index (χ0n) is 13.2. The molecule has 0 aliphatic rings. The molecule has 6 heteroatoms. The number of hydrogen-bond acceptors (Lipinski definition) is 4. The maximum atomic E-state index is 13.4. The number of rotatable bonds is 5. The first-order valence-electron chi connectivity index (χ1n) is 6.97. The van der Waals surface area contributed by atoms with Gasteiger partial charge in [0.05, 0.1) is 6.54 Å². The maximum Gasteiger partial charge on any atom is 0.244 e. The van der Waals surface area contributed by atoms with E-state index in [1.54, 1.807) is 56.1 Å². The normalized spacial score (nSPS) is 12.5. The molecule has 0 saturated carbocycles. The molecule has 0 N–H and O–H groups in total. The Labute approximate surface area is 129 Å². The van der Waals surface area contributed by atoms with Crippen LogP contribution in [-0.2, 0) is 11.3 Å². The van der Waals surface area contributed by atoms with Crippen molar-refractivity contribution < 1.29 is 13.7 Å². The minimum atomic E-state index is -0.548. The number of hydrogen-bond donors (Lipinski definition) is 0. The number of carbonyl (C=O) groups is 1. The average molecular weight is 305 g/mol. The van der Waals surface area contributed by atoms with E-state index in [0.29, 0.717) is 23.6 Å². The molecule has 0 radical (unpaired) electrons. The zero-order chi connectivity index (χ0) is 16.3. The van der Waals surface area contributed by atoms with Crippen LogP contribution in [0.5, 0.6) is 0 Å². The van der Waals surface area contributed by atoms with Crippen molar-refractivity contribution in [2.75, 3.05) is 21.1 Å². The summed E-state index contributed by atoms with van der Waals surface area (Å²) in [6, 6.07) is 7.35. The van der Waals surface area contributed by atoms with Crippen LogP contribution in [0.15, 0.2) is 34.9 Å². The van der Waals surface area contributed by atoms with E-state index < -0.39 is 6.04 Å². The first-order chi connectivity index (χ1) is 10.4. The Morgan fingerprint density at radius 2 is 2.05 bits per heavy atom. The number of likely N-dealkylation sites (N-methyl/N-ethyl adjacent to an activating group) is 2. The van der Waals surface area contributed by atoms with Crippen LogP contribution < -0.4 is 0 Å². The van der Waals surface area contributed by atoms with Gasteiger partial charge < -0.3 is 9.42 Å². The topological polar surface area (TPSA) is 49.6 Å². The van der Waals surface area contributed by atoms with E-state index in [9.17, 15) is 9.18 Å². The number of benzene rings is 1. The van der Waals surface area contributed by atoms with Crippen molar-refractivity contribution in [1.29, 1.82) is 0 Å². The summed E-state index contributed by atoms with van der Waals surface area (Å²) >= 11 is 0. The van der Waals surface area contributed by atoms with Crippen molar-refractivity contribution in [3.05, 3.63) is 53.2 Å². The molecule has 1 aromatic carbocycles. The summed E-state index contributed by atoms with van der Waals surface area (Å²) in [6.45, 7) is 2.14. The Kier molecular flexibility index (Phi) is 4.92. The lowest BCUT2D eigenvalue weighted by molar-refractivity contribution is -0.135. The van der Waals surface area contributed by atoms with E-state index in [4.69, 9.17) is 4.52 Å². The number of aryl methyl sites for hydroxylation is 1. The predicted octanol–water partition coefficient (Wildman–Crippen LogP) is 2.38. The van der Waals surface area contributed by atoms with Gasteiger partial charge in [0.2, 0.25) is 5.91 Å². The maximum absolute atomic E-state index is 13.4. The van der Waals surface area contributed by atoms with Gasteiger partial charge in [0.1, 0.15) is 23.3 Å². The fraction of sp³-hybridized carbons (Fsp3) is 0.375. The fourth-order valence-corrected chi connectivity index (χ4v) is 2.36. The lowest BCUT2D eigenvalue weighted by Gasteiger charge is -2.28. The third-order valence-electron chi connectivity index (χ3n) is 3.37. The molecule has 0 aliphatic carbocycles. The monoisotopic (exact) mass is 305 g/mol. The Balaban J connectivity index is 2.19. The van der Waals surface area contributed by atoms with Crippen LogP contribution in [0.3, 0.4) is 0 Å². The summed E-state index contributed by atoms with van der Waals surface area (Å²) < 4.78 is 18.4. The van der Waals surface area contributed by atoms with Crippen molar-refractivity contribution in [3.8, 4) is 0 Å². The van der Waals surface area contributed by atoms with Crippen LogP contribution in [-0.4, -0.2) is 42.0 Å². The molecule has 0 bridgehead atoms. The van der Waals surface area contributed by atoms with E-state index in [0.717, 1.165) is 0 Å². The van der Waals surface area contributed by atoms with Crippen molar-refractivity contribution in [1.82, 2.24) is 15.0 Å². The van der Waals surface area contributed by atoms with Crippen molar-refractivity contribution in [2.45, 2.75) is 19.5 Å². The Bertz CT molecular complexity index is 654. The van der Waals surface area contributed by atoms with Gasteiger partial charge in [-0.2, -0.15) is 0 Å². The minimum Gasteiger partial charge on any atom is -0.361 e. The summed E-state index contributed by atoms with van der Waals surface area (Å²) in [4.78, 5) is 16.0. The van der Waals surface area contributed by atoms with Gasteiger partial charge in [-0.25, -0.2) is 4.39 Å². The highest BCUT2D eigenvalue weighted by atomic mass is 19.1. The summed E-state index contributed by atoms with van der Waals surface area (Å²) in [5.74, 6) is 0.216. The van der Waals surface area contributed by atoms with Crippen LogP contribution in [0.1, 0.15) is 23.1 Å². The van der Waals surface area contributed by atoms with Crippen LogP contribution in [0.2, 0.25) is 0 Å². The van der Waals surface area contributed by atoms with Gasteiger partial charge >= 0.3 is 0 Å². The molecule has 2 rings (SSSR count). The van der Waals surface area contributed by atoms with Crippen molar-refractivity contribution >= 4 is 5.91 Å². The summed E-state index contributed by atoms with van der Waals surface area (Å²) in [6.07, 6.45) is 0. The van der Waals surface area contributed by atoms with E-state index in [1.807, 2.05) is 0 Å². The van der Waals surface area contributed by atoms with E-state index in [2.05, 4.69) is 5.16 Å². The van der Waals surface area contributed by atoms with Gasteiger partial charge in [-0.05, 0) is 38.7 Å². The van der Waals surface area contributed by atoms with Crippen LogP contribution in [0.4, 0.5) is 4.39 Å². The highest BCUT2D eigenvalue weighted by Gasteiger charge is 2.26.